The summed E-state index contributed by atoms with van der Waals surface area (Å²) in [5, 5.41) is 15.2. The highest BCUT2D eigenvalue weighted by Gasteiger charge is 2.23. The number of hydrogen-bond acceptors (Lipinski definition) is 3. The molecule has 1 aromatic carbocycles. The lowest BCUT2D eigenvalue weighted by Gasteiger charge is -2.25. The van der Waals surface area contributed by atoms with Crippen LogP contribution in [0.15, 0.2) is 24.3 Å². The molecule has 0 fully saturated rings. The number of fused-ring (bicyclic) bond motifs is 1. The molecule has 0 saturated carbocycles. The minimum atomic E-state index is -0.125. The molecule has 4 heteroatoms. The van der Waals surface area contributed by atoms with Gasteiger partial charge in [0.15, 0.2) is 0 Å². The smallest absolute Gasteiger partial charge is 0.237 e. The van der Waals surface area contributed by atoms with E-state index in [0.717, 1.165) is 25.8 Å². The Hall–Kier alpha value is -1.39. The lowest BCUT2D eigenvalue weighted by molar-refractivity contribution is -0.123. The Morgan fingerprint density at radius 2 is 2.20 bits per heavy atom. The van der Waals surface area contributed by atoms with Crippen molar-refractivity contribution < 1.29 is 9.90 Å². The quantitative estimate of drug-likeness (QED) is 0.685. The van der Waals surface area contributed by atoms with Crippen LogP contribution in [-0.4, -0.2) is 30.2 Å². The van der Waals surface area contributed by atoms with Crippen LogP contribution in [0.1, 0.15) is 30.9 Å². The van der Waals surface area contributed by atoms with Crippen molar-refractivity contribution in [2.45, 2.75) is 38.8 Å². The Balaban J connectivity index is 1.74. The van der Waals surface area contributed by atoms with E-state index in [1.54, 1.807) is 0 Å². The van der Waals surface area contributed by atoms with E-state index in [1.165, 1.54) is 11.1 Å². The molecule has 4 nitrogen and oxygen atoms in total. The van der Waals surface area contributed by atoms with Gasteiger partial charge in [-0.15, -0.1) is 0 Å². The zero-order valence-corrected chi connectivity index (χ0v) is 12.1. The maximum atomic E-state index is 12.1. The van der Waals surface area contributed by atoms with E-state index in [4.69, 9.17) is 5.11 Å². The van der Waals surface area contributed by atoms with Gasteiger partial charge in [-0.05, 0) is 36.3 Å². The van der Waals surface area contributed by atoms with Crippen molar-refractivity contribution in [3.05, 3.63) is 35.4 Å². The van der Waals surface area contributed by atoms with Gasteiger partial charge in [-0.1, -0.05) is 31.2 Å². The van der Waals surface area contributed by atoms with Crippen molar-refractivity contribution in [3.63, 3.8) is 0 Å². The molecule has 0 aliphatic carbocycles. The number of carbonyl (C=O) groups is 1. The molecule has 1 aliphatic rings. The zero-order valence-electron chi connectivity index (χ0n) is 12.1. The summed E-state index contributed by atoms with van der Waals surface area (Å²) < 4.78 is 0. The molecule has 110 valence electrons. The molecule has 3 N–H and O–H groups in total. The highest BCUT2D eigenvalue weighted by Crippen LogP contribution is 2.16. The topological polar surface area (TPSA) is 61.4 Å². The Bertz CT molecular complexity index is 448. The van der Waals surface area contributed by atoms with Crippen molar-refractivity contribution in [1.29, 1.82) is 0 Å². The molecule has 1 amide bonds. The number of carbonyl (C=O) groups excluding carboxylic acids is 1. The molecule has 1 aromatic rings. The van der Waals surface area contributed by atoms with Crippen LogP contribution in [-0.2, 0) is 17.8 Å². The van der Waals surface area contributed by atoms with Crippen LogP contribution in [0, 0.1) is 5.92 Å². The normalized spacial score (nSPS) is 19.2. The number of benzene rings is 1. The SMILES string of the molecule is CC(CO)CCCNC(=O)[C@H]1Cc2ccccc2CN1. The average molecular weight is 276 g/mol. The number of hydrogen-bond donors (Lipinski definition) is 3. The molecule has 1 aliphatic heterocycles. The van der Waals surface area contributed by atoms with Gasteiger partial charge in [0.05, 0.1) is 6.04 Å². The first-order chi connectivity index (χ1) is 9.70. The van der Waals surface area contributed by atoms with Gasteiger partial charge in [-0.2, -0.15) is 0 Å². The number of rotatable bonds is 6. The highest BCUT2D eigenvalue weighted by atomic mass is 16.3. The van der Waals surface area contributed by atoms with Crippen molar-refractivity contribution >= 4 is 5.91 Å². The van der Waals surface area contributed by atoms with Crippen molar-refractivity contribution in [2.75, 3.05) is 13.2 Å². The minimum absolute atomic E-state index is 0.0798. The van der Waals surface area contributed by atoms with E-state index in [1.807, 2.05) is 19.1 Å². The second-order valence-corrected chi connectivity index (χ2v) is 5.63. The molecule has 0 spiro atoms. The third-order valence-electron chi connectivity index (χ3n) is 3.88. The maximum Gasteiger partial charge on any atom is 0.237 e. The standard InChI is InChI=1S/C16H24N2O2/c1-12(11-19)5-4-8-17-16(20)15-9-13-6-2-3-7-14(13)10-18-15/h2-3,6-7,12,15,18-19H,4-5,8-11H2,1H3,(H,17,20)/t12?,15-/m1/s1. The summed E-state index contributed by atoms with van der Waals surface area (Å²) in [6, 6.07) is 8.13. The Morgan fingerprint density at radius 3 is 2.95 bits per heavy atom. The van der Waals surface area contributed by atoms with Crippen LogP contribution in [0.4, 0.5) is 0 Å². The summed E-state index contributed by atoms with van der Waals surface area (Å²) in [7, 11) is 0. The van der Waals surface area contributed by atoms with Crippen LogP contribution < -0.4 is 10.6 Å². The van der Waals surface area contributed by atoms with E-state index in [9.17, 15) is 4.79 Å². The molecule has 1 unspecified atom stereocenters. The van der Waals surface area contributed by atoms with Gasteiger partial charge in [-0.25, -0.2) is 0 Å². The second-order valence-electron chi connectivity index (χ2n) is 5.63. The van der Waals surface area contributed by atoms with E-state index in [2.05, 4.69) is 22.8 Å². The number of amides is 1. The zero-order chi connectivity index (χ0) is 14.4. The molecular formula is C16H24N2O2. The first-order valence-corrected chi connectivity index (χ1v) is 7.39. The van der Waals surface area contributed by atoms with Gasteiger partial charge in [0, 0.05) is 19.7 Å². The van der Waals surface area contributed by atoms with Crippen molar-refractivity contribution in [1.82, 2.24) is 10.6 Å². The second kappa shape index (κ2) is 7.41. The fourth-order valence-corrected chi connectivity index (χ4v) is 2.52. The first-order valence-electron chi connectivity index (χ1n) is 7.39. The summed E-state index contributed by atoms with van der Waals surface area (Å²) in [4.78, 5) is 12.1. The summed E-state index contributed by atoms with van der Waals surface area (Å²) in [6.07, 6.45) is 2.61. The fraction of sp³-hybridized carbons (Fsp3) is 0.562. The van der Waals surface area contributed by atoms with Crippen molar-refractivity contribution in [3.8, 4) is 0 Å². The molecule has 20 heavy (non-hydrogen) atoms. The lowest BCUT2D eigenvalue weighted by atomic mass is 9.95. The fourth-order valence-electron chi connectivity index (χ4n) is 2.52. The van der Waals surface area contributed by atoms with Crippen molar-refractivity contribution in [2.24, 2.45) is 5.92 Å². The summed E-state index contributed by atoms with van der Waals surface area (Å²) in [5.41, 5.74) is 2.55. The highest BCUT2D eigenvalue weighted by molar-refractivity contribution is 5.82. The maximum absolute atomic E-state index is 12.1. The van der Waals surface area contributed by atoms with Gasteiger partial charge in [0.25, 0.3) is 0 Å². The number of aliphatic hydroxyl groups excluding tert-OH is 1. The molecule has 2 rings (SSSR count). The van der Waals surface area contributed by atoms with E-state index < -0.39 is 0 Å². The van der Waals surface area contributed by atoms with Gasteiger partial charge < -0.3 is 15.7 Å². The summed E-state index contributed by atoms with van der Waals surface area (Å²) in [6.45, 7) is 3.68. The summed E-state index contributed by atoms with van der Waals surface area (Å²) >= 11 is 0. The Morgan fingerprint density at radius 1 is 1.45 bits per heavy atom. The summed E-state index contributed by atoms with van der Waals surface area (Å²) in [5.74, 6) is 0.391. The van der Waals surface area contributed by atoms with Crippen LogP contribution in [0.2, 0.25) is 0 Å². The molecule has 0 saturated heterocycles. The van der Waals surface area contributed by atoms with Gasteiger partial charge in [0.1, 0.15) is 0 Å². The largest absolute Gasteiger partial charge is 0.396 e. The lowest BCUT2D eigenvalue weighted by Crippen LogP contribution is -2.47. The molecule has 0 aromatic heterocycles. The Kier molecular flexibility index (Phi) is 5.56. The van der Waals surface area contributed by atoms with Gasteiger partial charge in [-0.3, -0.25) is 4.79 Å². The number of nitrogens with one attached hydrogen (secondary N) is 2. The first kappa shape index (κ1) is 15.0. The van der Waals surface area contributed by atoms with E-state index in [-0.39, 0.29) is 18.6 Å². The molecule has 1 heterocycles. The molecular weight excluding hydrogens is 252 g/mol. The Labute approximate surface area is 120 Å². The molecule has 0 radical (unpaired) electrons. The van der Waals surface area contributed by atoms with E-state index >= 15 is 0 Å². The van der Waals surface area contributed by atoms with Gasteiger partial charge in [0.2, 0.25) is 5.91 Å². The number of aliphatic hydroxyl groups is 1. The van der Waals surface area contributed by atoms with Crippen LogP contribution in [0.5, 0.6) is 0 Å². The van der Waals surface area contributed by atoms with Crippen LogP contribution >= 0.6 is 0 Å². The third-order valence-corrected chi connectivity index (χ3v) is 3.88. The average Bonchev–Trinajstić information content (AvgIpc) is 2.50. The predicted molar refractivity (Wildman–Crippen MR) is 79.3 cm³/mol. The minimum Gasteiger partial charge on any atom is -0.396 e. The predicted octanol–water partition coefficient (Wildman–Crippen LogP) is 1.23. The van der Waals surface area contributed by atoms with E-state index in [0.29, 0.717) is 12.5 Å². The third kappa shape index (κ3) is 4.05. The van der Waals surface area contributed by atoms with Crippen LogP contribution in [0.3, 0.4) is 0 Å². The monoisotopic (exact) mass is 276 g/mol. The van der Waals surface area contributed by atoms with Crippen LogP contribution in [0.25, 0.3) is 0 Å². The van der Waals surface area contributed by atoms with Gasteiger partial charge >= 0.3 is 0 Å². The molecule has 2 atom stereocenters. The molecule has 0 bridgehead atoms.